The molecule has 0 spiro atoms. The van der Waals surface area contributed by atoms with E-state index in [0.717, 1.165) is 0 Å². The van der Waals surface area contributed by atoms with Crippen molar-refractivity contribution in [1.29, 1.82) is 0 Å². The van der Waals surface area contributed by atoms with Gasteiger partial charge in [0, 0.05) is 13.6 Å². The zero-order chi connectivity index (χ0) is 11.4. The summed E-state index contributed by atoms with van der Waals surface area (Å²) in [5.74, 6) is -1.00. The molecule has 5 heteroatoms. The Balaban J connectivity index is 2.97. The Bertz CT molecular complexity index is 366. The van der Waals surface area contributed by atoms with E-state index in [-0.39, 0.29) is 12.2 Å². The third-order valence-corrected chi connectivity index (χ3v) is 2.12. The zero-order valence-corrected chi connectivity index (χ0v) is 8.47. The van der Waals surface area contributed by atoms with E-state index in [9.17, 15) is 4.79 Å². The van der Waals surface area contributed by atoms with Crippen LogP contribution in [0.3, 0.4) is 0 Å². The Morgan fingerprint density at radius 2 is 2.20 bits per heavy atom. The number of benzene rings is 1. The second kappa shape index (κ2) is 4.65. The molecule has 0 bridgehead atoms. The summed E-state index contributed by atoms with van der Waals surface area (Å²) in [6, 6.07) is 4.53. The van der Waals surface area contributed by atoms with E-state index in [2.05, 4.69) is 0 Å². The zero-order valence-electron chi connectivity index (χ0n) is 8.47. The molecule has 0 heterocycles. The molecule has 0 fully saturated rings. The summed E-state index contributed by atoms with van der Waals surface area (Å²) in [7, 11) is 1.78. The number of nitrogen functional groups attached to an aromatic ring is 1. The molecular weight excluding hydrogens is 196 g/mol. The van der Waals surface area contributed by atoms with E-state index in [0.29, 0.717) is 17.9 Å². The normalized spacial score (nSPS) is 10.0. The van der Waals surface area contributed by atoms with Gasteiger partial charge in [-0.05, 0) is 18.2 Å². The number of nitrogens with two attached hydrogens (primary N) is 1. The third kappa shape index (κ3) is 2.60. The van der Waals surface area contributed by atoms with Crippen LogP contribution in [0.15, 0.2) is 18.2 Å². The smallest absolute Gasteiger partial charge is 0.335 e. The molecule has 0 saturated heterocycles. The second-order valence-corrected chi connectivity index (χ2v) is 3.22. The number of aliphatic hydroxyl groups is 1. The lowest BCUT2D eigenvalue weighted by atomic mass is 10.1. The highest BCUT2D eigenvalue weighted by Crippen LogP contribution is 2.22. The maximum Gasteiger partial charge on any atom is 0.335 e. The molecule has 1 rings (SSSR count). The van der Waals surface area contributed by atoms with Crippen molar-refractivity contribution in [1.82, 2.24) is 0 Å². The maximum atomic E-state index is 10.7. The molecule has 0 amide bonds. The number of aliphatic hydroxyl groups excluding tert-OH is 1. The Labute approximate surface area is 87.7 Å². The van der Waals surface area contributed by atoms with Gasteiger partial charge in [0.05, 0.1) is 23.5 Å². The molecule has 0 aliphatic carbocycles. The molecule has 1 aromatic carbocycles. The SMILES string of the molecule is CN(CCO)c1ccc(C(=O)O)cc1N. The predicted molar refractivity (Wildman–Crippen MR) is 58.2 cm³/mol. The lowest BCUT2D eigenvalue weighted by Gasteiger charge is -2.19. The number of carboxylic acid groups (broad SMARTS) is 1. The minimum Gasteiger partial charge on any atom is -0.478 e. The van der Waals surface area contributed by atoms with Gasteiger partial charge < -0.3 is 20.8 Å². The van der Waals surface area contributed by atoms with Crippen LogP contribution in [0.4, 0.5) is 11.4 Å². The molecule has 0 atom stereocenters. The van der Waals surface area contributed by atoms with Crippen LogP contribution in [0.1, 0.15) is 10.4 Å². The highest BCUT2D eigenvalue weighted by Gasteiger charge is 2.08. The van der Waals surface area contributed by atoms with Crippen molar-refractivity contribution in [3.8, 4) is 0 Å². The molecule has 15 heavy (non-hydrogen) atoms. The summed E-state index contributed by atoms with van der Waals surface area (Å²) in [5.41, 5.74) is 6.98. The lowest BCUT2D eigenvalue weighted by Crippen LogP contribution is -2.22. The molecule has 0 aromatic heterocycles. The number of rotatable bonds is 4. The summed E-state index contributed by atoms with van der Waals surface area (Å²) in [6.45, 7) is 0.479. The number of nitrogens with zero attached hydrogens (tertiary/aromatic N) is 1. The molecule has 4 N–H and O–H groups in total. The number of carbonyl (C=O) groups is 1. The quantitative estimate of drug-likeness (QED) is 0.626. The van der Waals surface area contributed by atoms with Crippen LogP contribution in [0.25, 0.3) is 0 Å². The van der Waals surface area contributed by atoms with Crippen LogP contribution >= 0.6 is 0 Å². The number of hydrogen-bond acceptors (Lipinski definition) is 4. The fraction of sp³-hybridized carbons (Fsp3) is 0.300. The van der Waals surface area contributed by atoms with Gasteiger partial charge in [-0.15, -0.1) is 0 Å². The van der Waals surface area contributed by atoms with E-state index in [1.807, 2.05) is 0 Å². The highest BCUT2D eigenvalue weighted by atomic mass is 16.4. The third-order valence-electron chi connectivity index (χ3n) is 2.12. The number of carboxylic acids is 1. The Morgan fingerprint density at radius 3 is 2.67 bits per heavy atom. The van der Waals surface area contributed by atoms with Crippen LogP contribution < -0.4 is 10.6 Å². The summed E-state index contributed by atoms with van der Waals surface area (Å²) in [5, 5.41) is 17.5. The van der Waals surface area contributed by atoms with E-state index < -0.39 is 5.97 Å². The second-order valence-electron chi connectivity index (χ2n) is 3.22. The van der Waals surface area contributed by atoms with Gasteiger partial charge in [-0.1, -0.05) is 0 Å². The first-order chi connectivity index (χ1) is 7.06. The number of anilines is 2. The first-order valence-corrected chi connectivity index (χ1v) is 4.51. The minimum absolute atomic E-state index is 0.0244. The van der Waals surface area contributed by atoms with Gasteiger partial charge in [-0.3, -0.25) is 0 Å². The lowest BCUT2D eigenvalue weighted by molar-refractivity contribution is 0.0697. The van der Waals surface area contributed by atoms with E-state index in [1.54, 1.807) is 18.0 Å². The van der Waals surface area contributed by atoms with Gasteiger partial charge in [0.2, 0.25) is 0 Å². The van der Waals surface area contributed by atoms with Crippen molar-refractivity contribution in [2.75, 3.05) is 30.8 Å². The Kier molecular flexibility index (Phi) is 3.51. The van der Waals surface area contributed by atoms with Gasteiger partial charge >= 0.3 is 5.97 Å². The minimum atomic E-state index is -1.00. The molecular formula is C10H14N2O3. The molecule has 82 valence electrons. The molecule has 5 nitrogen and oxygen atoms in total. The average molecular weight is 210 g/mol. The predicted octanol–water partition coefficient (Wildman–Crippen LogP) is 0.395. The van der Waals surface area contributed by atoms with Gasteiger partial charge in [0.15, 0.2) is 0 Å². The molecule has 0 aliphatic rings. The fourth-order valence-electron chi connectivity index (χ4n) is 1.31. The Morgan fingerprint density at radius 1 is 1.53 bits per heavy atom. The van der Waals surface area contributed by atoms with Gasteiger partial charge in [-0.25, -0.2) is 4.79 Å². The van der Waals surface area contributed by atoms with Gasteiger partial charge in [0.25, 0.3) is 0 Å². The van der Waals surface area contributed by atoms with Gasteiger partial charge in [0.1, 0.15) is 0 Å². The summed E-state index contributed by atoms with van der Waals surface area (Å²) >= 11 is 0. The van der Waals surface area contributed by atoms with Crippen LogP contribution in [0, 0.1) is 0 Å². The maximum absolute atomic E-state index is 10.7. The van der Waals surface area contributed by atoms with Crippen LogP contribution in [0.2, 0.25) is 0 Å². The highest BCUT2D eigenvalue weighted by molar-refractivity contribution is 5.90. The van der Waals surface area contributed by atoms with Crippen molar-refractivity contribution < 1.29 is 15.0 Å². The number of likely N-dealkylation sites (N-methyl/N-ethyl adjacent to an activating group) is 1. The van der Waals surface area contributed by atoms with E-state index in [1.165, 1.54) is 12.1 Å². The molecule has 0 aliphatic heterocycles. The van der Waals surface area contributed by atoms with Crippen LogP contribution in [-0.4, -0.2) is 36.4 Å². The first kappa shape index (κ1) is 11.3. The van der Waals surface area contributed by atoms with Crippen molar-refractivity contribution in [3.63, 3.8) is 0 Å². The van der Waals surface area contributed by atoms with Crippen molar-refractivity contribution in [2.24, 2.45) is 0 Å². The van der Waals surface area contributed by atoms with Crippen LogP contribution in [0.5, 0.6) is 0 Å². The monoisotopic (exact) mass is 210 g/mol. The summed E-state index contributed by atoms with van der Waals surface area (Å²) < 4.78 is 0. The van der Waals surface area contributed by atoms with Crippen molar-refractivity contribution in [3.05, 3.63) is 23.8 Å². The van der Waals surface area contributed by atoms with Crippen molar-refractivity contribution in [2.45, 2.75) is 0 Å². The van der Waals surface area contributed by atoms with Crippen molar-refractivity contribution >= 4 is 17.3 Å². The average Bonchev–Trinajstić information content (AvgIpc) is 2.17. The summed E-state index contributed by atoms with van der Waals surface area (Å²) in [4.78, 5) is 12.4. The topological polar surface area (TPSA) is 86.8 Å². The fourth-order valence-corrected chi connectivity index (χ4v) is 1.31. The number of hydrogen-bond donors (Lipinski definition) is 3. The number of aromatic carboxylic acids is 1. The molecule has 0 radical (unpaired) electrons. The Hall–Kier alpha value is -1.75. The van der Waals surface area contributed by atoms with E-state index >= 15 is 0 Å². The molecule has 0 unspecified atom stereocenters. The molecule has 1 aromatic rings. The first-order valence-electron chi connectivity index (χ1n) is 4.51. The van der Waals surface area contributed by atoms with Crippen LogP contribution in [-0.2, 0) is 0 Å². The summed E-state index contributed by atoms with van der Waals surface area (Å²) in [6.07, 6.45) is 0. The largest absolute Gasteiger partial charge is 0.478 e. The standard InChI is InChI=1S/C10H14N2O3/c1-12(4-5-13)9-3-2-7(10(14)15)6-8(9)11/h2-3,6,13H,4-5,11H2,1H3,(H,14,15). The van der Waals surface area contributed by atoms with E-state index in [4.69, 9.17) is 15.9 Å². The molecule has 0 saturated carbocycles. The van der Waals surface area contributed by atoms with Gasteiger partial charge in [-0.2, -0.15) is 0 Å².